The van der Waals surface area contributed by atoms with Crippen LogP contribution in [0, 0.1) is 13.8 Å². The molecule has 2 rings (SSSR count). The Morgan fingerprint density at radius 1 is 1.32 bits per heavy atom. The minimum atomic E-state index is 0. The second-order valence-corrected chi connectivity index (χ2v) is 4.94. The lowest BCUT2D eigenvalue weighted by Crippen LogP contribution is -1.96. The van der Waals surface area contributed by atoms with Gasteiger partial charge in [0.2, 0.25) is 5.88 Å². The van der Waals surface area contributed by atoms with Crippen molar-refractivity contribution in [2.75, 3.05) is 0 Å². The Balaban J connectivity index is 0.00000180. The van der Waals surface area contributed by atoms with Crippen molar-refractivity contribution in [1.29, 1.82) is 0 Å². The Morgan fingerprint density at radius 3 is 2.63 bits per heavy atom. The number of thioether (sulfide) groups is 1. The van der Waals surface area contributed by atoms with E-state index in [9.17, 15) is 5.11 Å². The monoisotopic (exact) mass is 300 g/mol. The molecule has 0 fully saturated rings. The van der Waals surface area contributed by atoms with Crippen LogP contribution in [0.5, 0.6) is 5.88 Å². The first-order chi connectivity index (χ1) is 8.60. The van der Waals surface area contributed by atoms with Gasteiger partial charge in [-0.05, 0) is 20.8 Å². The number of imidazole rings is 1. The quantitative estimate of drug-likeness (QED) is 0.695. The number of nitrogens with zero attached hydrogens (tertiary/aromatic N) is 4. The minimum Gasteiger partial charge on any atom is -0.493 e. The first-order valence-electron chi connectivity index (χ1n) is 5.78. The SMILES string of the molecule is CCn1cnc(CSc2nc(C)cc(O)n2)c1C.Cl. The molecule has 7 heteroatoms. The van der Waals surface area contributed by atoms with Gasteiger partial charge in [0, 0.05) is 29.8 Å². The molecule has 0 aliphatic carbocycles. The molecular weight excluding hydrogens is 284 g/mol. The van der Waals surface area contributed by atoms with E-state index in [4.69, 9.17) is 0 Å². The number of halogens is 1. The van der Waals surface area contributed by atoms with Gasteiger partial charge in [0.1, 0.15) is 0 Å². The standard InChI is InChI=1S/C12H16N4OS.ClH/c1-4-16-7-13-10(9(16)3)6-18-12-14-8(2)5-11(17)15-12;/h5,7H,4,6H2,1-3H3,(H,14,15,17);1H. The van der Waals surface area contributed by atoms with Crippen LogP contribution in [-0.2, 0) is 12.3 Å². The van der Waals surface area contributed by atoms with Crippen molar-refractivity contribution in [3.05, 3.63) is 29.5 Å². The van der Waals surface area contributed by atoms with Crippen molar-refractivity contribution in [1.82, 2.24) is 19.5 Å². The lowest BCUT2D eigenvalue weighted by atomic mass is 10.4. The summed E-state index contributed by atoms with van der Waals surface area (Å²) in [4.78, 5) is 12.6. The van der Waals surface area contributed by atoms with Crippen molar-refractivity contribution in [3.8, 4) is 5.88 Å². The zero-order valence-electron chi connectivity index (χ0n) is 11.1. The summed E-state index contributed by atoms with van der Waals surface area (Å²) in [5.41, 5.74) is 2.97. The third-order valence-electron chi connectivity index (χ3n) is 2.70. The van der Waals surface area contributed by atoms with E-state index in [1.165, 1.54) is 17.5 Å². The van der Waals surface area contributed by atoms with Gasteiger partial charge >= 0.3 is 0 Å². The Morgan fingerprint density at radius 2 is 2.05 bits per heavy atom. The lowest BCUT2D eigenvalue weighted by Gasteiger charge is -2.03. The van der Waals surface area contributed by atoms with E-state index >= 15 is 0 Å². The Bertz CT molecular complexity index is 538. The molecule has 2 heterocycles. The summed E-state index contributed by atoms with van der Waals surface area (Å²) >= 11 is 1.48. The summed E-state index contributed by atoms with van der Waals surface area (Å²) in [6.07, 6.45) is 1.85. The highest BCUT2D eigenvalue weighted by atomic mass is 35.5. The zero-order chi connectivity index (χ0) is 13.1. The number of aromatic nitrogens is 4. The van der Waals surface area contributed by atoms with Gasteiger partial charge in [-0.25, -0.2) is 9.97 Å². The topological polar surface area (TPSA) is 63.8 Å². The highest BCUT2D eigenvalue weighted by Gasteiger charge is 2.08. The van der Waals surface area contributed by atoms with Crippen LogP contribution in [0.4, 0.5) is 0 Å². The van der Waals surface area contributed by atoms with Gasteiger partial charge in [0.15, 0.2) is 5.16 Å². The van der Waals surface area contributed by atoms with E-state index in [1.807, 2.05) is 13.3 Å². The molecule has 0 radical (unpaired) electrons. The summed E-state index contributed by atoms with van der Waals surface area (Å²) in [5, 5.41) is 9.99. The molecule has 0 amide bonds. The van der Waals surface area contributed by atoms with Gasteiger partial charge in [-0.2, -0.15) is 4.98 Å². The number of hydrogen-bond acceptors (Lipinski definition) is 5. The average molecular weight is 301 g/mol. The smallest absolute Gasteiger partial charge is 0.215 e. The molecule has 0 unspecified atom stereocenters. The van der Waals surface area contributed by atoms with Gasteiger partial charge in [-0.3, -0.25) is 0 Å². The molecule has 2 aromatic heterocycles. The molecule has 0 aromatic carbocycles. The average Bonchev–Trinajstić information content (AvgIpc) is 2.66. The first-order valence-corrected chi connectivity index (χ1v) is 6.76. The van der Waals surface area contributed by atoms with Crippen molar-refractivity contribution >= 4 is 24.2 Å². The maximum Gasteiger partial charge on any atom is 0.215 e. The summed E-state index contributed by atoms with van der Waals surface area (Å²) in [5.74, 6) is 0.725. The molecule has 0 saturated heterocycles. The van der Waals surface area contributed by atoms with Crippen LogP contribution < -0.4 is 0 Å². The van der Waals surface area contributed by atoms with E-state index in [1.54, 1.807) is 6.07 Å². The van der Waals surface area contributed by atoms with Crippen LogP contribution in [0.2, 0.25) is 0 Å². The third kappa shape index (κ3) is 3.84. The van der Waals surface area contributed by atoms with E-state index in [2.05, 4.69) is 33.4 Å². The molecule has 0 aliphatic rings. The fourth-order valence-electron chi connectivity index (χ4n) is 1.67. The van der Waals surface area contributed by atoms with E-state index < -0.39 is 0 Å². The molecule has 5 nitrogen and oxygen atoms in total. The summed E-state index contributed by atoms with van der Waals surface area (Å²) in [6, 6.07) is 1.54. The predicted octanol–water partition coefficient (Wildman–Crippen LogP) is 2.73. The lowest BCUT2D eigenvalue weighted by molar-refractivity contribution is 0.444. The molecule has 0 atom stereocenters. The molecule has 0 aliphatic heterocycles. The summed E-state index contributed by atoms with van der Waals surface area (Å²) in [6.45, 7) is 6.90. The maximum atomic E-state index is 9.40. The molecule has 2 aromatic rings. The number of aryl methyl sites for hydroxylation is 2. The molecule has 104 valence electrons. The van der Waals surface area contributed by atoms with Crippen molar-refractivity contribution in [2.24, 2.45) is 0 Å². The Labute approximate surface area is 122 Å². The highest BCUT2D eigenvalue weighted by Crippen LogP contribution is 2.22. The van der Waals surface area contributed by atoms with Crippen LogP contribution in [0.15, 0.2) is 17.6 Å². The first kappa shape index (κ1) is 15.8. The van der Waals surface area contributed by atoms with Crippen LogP contribution in [0.25, 0.3) is 0 Å². The second-order valence-electron chi connectivity index (χ2n) is 4.00. The zero-order valence-corrected chi connectivity index (χ0v) is 12.8. The summed E-state index contributed by atoms with van der Waals surface area (Å²) in [7, 11) is 0. The summed E-state index contributed by atoms with van der Waals surface area (Å²) < 4.78 is 2.10. The van der Waals surface area contributed by atoms with Gasteiger partial charge < -0.3 is 9.67 Å². The van der Waals surface area contributed by atoms with Crippen LogP contribution >= 0.6 is 24.2 Å². The van der Waals surface area contributed by atoms with Gasteiger partial charge in [0.25, 0.3) is 0 Å². The van der Waals surface area contributed by atoms with Crippen molar-refractivity contribution in [3.63, 3.8) is 0 Å². The molecule has 0 bridgehead atoms. The predicted molar refractivity (Wildman–Crippen MR) is 77.9 cm³/mol. The second kappa shape index (κ2) is 6.77. The maximum absolute atomic E-state index is 9.40. The fraction of sp³-hybridized carbons (Fsp3) is 0.417. The molecule has 0 spiro atoms. The fourth-order valence-corrected chi connectivity index (χ4v) is 2.58. The van der Waals surface area contributed by atoms with E-state index in [-0.39, 0.29) is 18.3 Å². The van der Waals surface area contributed by atoms with Gasteiger partial charge in [0.05, 0.1) is 12.0 Å². The molecule has 19 heavy (non-hydrogen) atoms. The van der Waals surface area contributed by atoms with Crippen LogP contribution in [0.1, 0.15) is 24.0 Å². The van der Waals surface area contributed by atoms with Crippen molar-refractivity contribution in [2.45, 2.75) is 38.2 Å². The van der Waals surface area contributed by atoms with Crippen LogP contribution in [-0.4, -0.2) is 24.6 Å². The van der Waals surface area contributed by atoms with Crippen LogP contribution in [0.3, 0.4) is 0 Å². The Kier molecular flexibility index (Phi) is 5.62. The highest BCUT2D eigenvalue weighted by molar-refractivity contribution is 7.98. The van der Waals surface area contributed by atoms with Gasteiger partial charge in [-0.15, -0.1) is 12.4 Å². The normalized spacial score (nSPS) is 10.3. The molecule has 1 N–H and O–H groups in total. The number of hydrogen-bond donors (Lipinski definition) is 1. The van der Waals surface area contributed by atoms with E-state index in [0.29, 0.717) is 10.9 Å². The number of rotatable bonds is 4. The molecule has 0 saturated carbocycles. The van der Waals surface area contributed by atoms with E-state index in [0.717, 1.165) is 17.9 Å². The Hall–Kier alpha value is -1.27. The largest absolute Gasteiger partial charge is 0.493 e. The van der Waals surface area contributed by atoms with Crippen molar-refractivity contribution < 1.29 is 5.11 Å². The third-order valence-corrected chi connectivity index (χ3v) is 3.56. The number of aromatic hydroxyl groups is 1. The van der Waals surface area contributed by atoms with Gasteiger partial charge in [-0.1, -0.05) is 11.8 Å². The minimum absolute atomic E-state index is 0. The molecular formula is C12H17ClN4OS.